The Morgan fingerprint density at radius 2 is 1.72 bits per heavy atom. The summed E-state index contributed by atoms with van der Waals surface area (Å²) in [7, 11) is -4.30. The average molecular weight is 572 g/mol. The van der Waals surface area contributed by atoms with Gasteiger partial charge in [0.1, 0.15) is 16.6 Å². The molecule has 0 radical (unpaired) electrons. The zero-order chi connectivity index (χ0) is 27.9. The summed E-state index contributed by atoms with van der Waals surface area (Å²) >= 11 is 1.22. The minimum absolute atomic E-state index is 0.00765. The van der Waals surface area contributed by atoms with Crippen LogP contribution in [0.2, 0.25) is 0 Å². The number of halogens is 4. The van der Waals surface area contributed by atoms with Crippen LogP contribution in [-0.4, -0.2) is 18.4 Å². The second-order valence-corrected chi connectivity index (χ2v) is 11.8. The van der Waals surface area contributed by atoms with Crippen LogP contribution >= 0.6 is 11.3 Å². The fourth-order valence-corrected chi connectivity index (χ4v) is 7.26. The molecule has 0 saturated heterocycles. The van der Waals surface area contributed by atoms with Crippen LogP contribution in [0, 0.1) is 19.7 Å². The first-order valence-electron chi connectivity index (χ1n) is 11.7. The summed E-state index contributed by atoms with van der Waals surface area (Å²) in [5, 5.41) is 1.19. The number of anilines is 1. The van der Waals surface area contributed by atoms with Crippen LogP contribution in [0.15, 0.2) is 83.9 Å². The molecule has 0 unspecified atom stereocenters. The van der Waals surface area contributed by atoms with E-state index in [0.717, 1.165) is 20.5 Å². The SMILES string of the molecule is Cc1nccc(-c2cccc(S(=O)(=O)N(Cc3ccc(F)c(C(F)(F)F)c3)c3sc4ccccc4c3C)c2)n1. The molecule has 0 aliphatic heterocycles. The largest absolute Gasteiger partial charge is 0.419 e. The molecule has 2 heterocycles. The average Bonchev–Trinajstić information content (AvgIpc) is 3.23. The summed E-state index contributed by atoms with van der Waals surface area (Å²) in [5.74, 6) is -0.911. The van der Waals surface area contributed by atoms with E-state index in [1.807, 2.05) is 24.3 Å². The maximum atomic E-state index is 14.2. The molecule has 5 nitrogen and oxygen atoms in total. The molecule has 3 aromatic carbocycles. The zero-order valence-electron chi connectivity index (χ0n) is 20.7. The van der Waals surface area contributed by atoms with Gasteiger partial charge in [0.25, 0.3) is 10.0 Å². The quantitative estimate of drug-likeness (QED) is 0.198. The molecule has 5 aromatic rings. The number of aromatic nitrogens is 2. The van der Waals surface area contributed by atoms with Crippen molar-refractivity contribution >= 4 is 36.4 Å². The van der Waals surface area contributed by atoms with E-state index in [-0.39, 0.29) is 10.5 Å². The minimum atomic E-state index is -4.93. The van der Waals surface area contributed by atoms with E-state index in [2.05, 4.69) is 9.97 Å². The van der Waals surface area contributed by atoms with Gasteiger partial charge in [0.15, 0.2) is 0 Å². The van der Waals surface area contributed by atoms with Gasteiger partial charge in [-0.05, 0) is 66.8 Å². The third kappa shape index (κ3) is 5.24. The highest BCUT2D eigenvalue weighted by atomic mass is 32.2. The second kappa shape index (κ2) is 10.0. The van der Waals surface area contributed by atoms with Gasteiger partial charge in [-0.15, -0.1) is 11.3 Å². The topological polar surface area (TPSA) is 63.2 Å². The van der Waals surface area contributed by atoms with Gasteiger partial charge in [-0.3, -0.25) is 4.31 Å². The van der Waals surface area contributed by atoms with E-state index in [1.165, 1.54) is 23.5 Å². The predicted octanol–water partition coefficient (Wildman–Crippen LogP) is 7.53. The number of sulfonamides is 1. The molecular weight excluding hydrogens is 550 g/mol. The fourth-order valence-electron chi connectivity index (χ4n) is 4.28. The van der Waals surface area contributed by atoms with E-state index < -0.39 is 34.1 Å². The van der Waals surface area contributed by atoms with Crippen molar-refractivity contribution in [3.8, 4) is 11.3 Å². The molecule has 0 fully saturated rings. The smallest absolute Gasteiger partial charge is 0.252 e. The summed E-state index contributed by atoms with van der Waals surface area (Å²) in [6, 6.07) is 17.7. The van der Waals surface area contributed by atoms with Crippen LogP contribution in [0.4, 0.5) is 22.6 Å². The highest BCUT2D eigenvalue weighted by Gasteiger charge is 2.35. The lowest BCUT2D eigenvalue weighted by atomic mass is 10.1. The van der Waals surface area contributed by atoms with Crippen LogP contribution in [0.25, 0.3) is 21.3 Å². The van der Waals surface area contributed by atoms with Crippen molar-refractivity contribution in [3.63, 3.8) is 0 Å². The number of thiophene rings is 1. The number of nitrogens with zero attached hydrogens (tertiary/aromatic N) is 3. The molecule has 0 amide bonds. The Balaban J connectivity index is 1.66. The lowest BCUT2D eigenvalue weighted by Gasteiger charge is -2.25. The number of benzene rings is 3. The van der Waals surface area contributed by atoms with E-state index in [1.54, 1.807) is 38.2 Å². The Hall–Kier alpha value is -3.83. The first-order chi connectivity index (χ1) is 18.4. The van der Waals surface area contributed by atoms with Crippen molar-refractivity contribution in [3.05, 3.63) is 107 Å². The van der Waals surface area contributed by atoms with Crippen molar-refractivity contribution in [2.24, 2.45) is 0 Å². The monoisotopic (exact) mass is 571 g/mol. The highest BCUT2D eigenvalue weighted by molar-refractivity contribution is 7.93. The molecule has 0 saturated carbocycles. The molecule has 5 rings (SSSR count). The Kier molecular flexibility index (Phi) is 6.90. The lowest BCUT2D eigenvalue weighted by Crippen LogP contribution is -2.30. The number of fused-ring (bicyclic) bond motifs is 1. The lowest BCUT2D eigenvalue weighted by molar-refractivity contribution is -0.140. The van der Waals surface area contributed by atoms with E-state index in [9.17, 15) is 26.0 Å². The van der Waals surface area contributed by atoms with E-state index >= 15 is 0 Å². The summed E-state index contributed by atoms with van der Waals surface area (Å²) < 4.78 is 84.6. The van der Waals surface area contributed by atoms with Gasteiger partial charge in [-0.2, -0.15) is 13.2 Å². The van der Waals surface area contributed by atoms with Crippen LogP contribution < -0.4 is 4.31 Å². The van der Waals surface area contributed by atoms with Gasteiger partial charge in [0.05, 0.1) is 22.7 Å². The molecule has 0 aliphatic carbocycles. The Labute approximate surface area is 226 Å². The molecule has 200 valence electrons. The first-order valence-corrected chi connectivity index (χ1v) is 14.0. The molecule has 0 atom stereocenters. The number of alkyl halides is 3. The van der Waals surface area contributed by atoms with Crippen molar-refractivity contribution in [1.82, 2.24) is 9.97 Å². The van der Waals surface area contributed by atoms with Crippen molar-refractivity contribution in [2.75, 3.05) is 4.31 Å². The summed E-state index contributed by atoms with van der Waals surface area (Å²) in [6.45, 7) is 3.05. The molecular formula is C28H21F4N3O2S2. The van der Waals surface area contributed by atoms with Crippen molar-refractivity contribution in [1.29, 1.82) is 0 Å². The third-order valence-corrected chi connectivity index (χ3v) is 9.35. The van der Waals surface area contributed by atoms with Crippen LogP contribution in [-0.2, 0) is 22.7 Å². The van der Waals surface area contributed by atoms with Crippen molar-refractivity contribution in [2.45, 2.75) is 31.5 Å². The molecule has 2 aromatic heterocycles. The summed E-state index contributed by atoms with van der Waals surface area (Å²) in [4.78, 5) is 8.37. The molecule has 0 N–H and O–H groups in total. The van der Waals surface area contributed by atoms with Gasteiger partial charge >= 0.3 is 6.18 Å². The fraction of sp³-hybridized carbons (Fsp3) is 0.143. The van der Waals surface area contributed by atoms with Gasteiger partial charge in [-0.1, -0.05) is 36.4 Å². The van der Waals surface area contributed by atoms with Gasteiger partial charge < -0.3 is 0 Å². The summed E-state index contributed by atoms with van der Waals surface area (Å²) in [6.07, 6.45) is -3.36. The van der Waals surface area contributed by atoms with Crippen LogP contribution in [0.3, 0.4) is 0 Å². The Morgan fingerprint density at radius 3 is 2.44 bits per heavy atom. The normalized spacial score (nSPS) is 12.2. The Morgan fingerprint density at radius 1 is 0.949 bits per heavy atom. The maximum Gasteiger partial charge on any atom is 0.419 e. The number of hydrogen-bond acceptors (Lipinski definition) is 5. The van der Waals surface area contributed by atoms with Crippen molar-refractivity contribution < 1.29 is 26.0 Å². The minimum Gasteiger partial charge on any atom is -0.252 e. The van der Waals surface area contributed by atoms with E-state index in [4.69, 9.17) is 0 Å². The number of aryl methyl sites for hydroxylation is 2. The molecule has 0 spiro atoms. The highest BCUT2D eigenvalue weighted by Crippen LogP contribution is 2.41. The molecule has 0 aliphatic rings. The first kappa shape index (κ1) is 26.8. The van der Waals surface area contributed by atoms with Crippen LogP contribution in [0.5, 0.6) is 0 Å². The second-order valence-electron chi connectivity index (χ2n) is 8.87. The third-order valence-electron chi connectivity index (χ3n) is 6.20. The van der Waals surface area contributed by atoms with Gasteiger partial charge in [-0.25, -0.2) is 22.8 Å². The maximum absolute atomic E-state index is 14.2. The zero-order valence-corrected chi connectivity index (χ0v) is 22.3. The summed E-state index contributed by atoms with van der Waals surface area (Å²) in [5.41, 5.74) is 0.270. The molecule has 39 heavy (non-hydrogen) atoms. The Bertz CT molecular complexity index is 1800. The number of rotatable bonds is 6. The number of hydrogen-bond donors (Lipinski definition) is 0. The van der Waals surface area contributed by atoms with Gasteiger partial charge in [0.2, 0.25) is 0 Å². The standard InChI is InChI=1S/C28H21F4N3O2S2/c1-17-22-8-3-4-9-26(22)38-27(17)35(16-19-10-11-24(29)23(14-19)28(30,31)32)39(36,37)21-7-5-6-20(15-21)25-12-13-33-18(2)34-25/h3-15H,16H2,1-2H3. The predicted molar refractivity (Wildman–Crippen MR) is 144 cm³/mol. The van der Waals surface area contributed by atoms with Gasteiger partial charge in [0, 0.05) is 16.5 Å². The van der Waals surface area contributed by atoms with Crippen LogP contribution in [0.1, 0.15) is 22.5 Å². The molecule has 11 heteroatoms. The van der Waals surface area contributed by atoms with E-state index in [0.29, 0.717) is 39.8 Å². The molecule has 0 bridgehead atoms.